The lowest BCUT2D eigenvalue weighted by atomic mass is 10.2. The first-order valence-electron chi connectivity index (χ1n) is 6.99. The van der Waals surface area contributed by atoms with Gasteiger partial charge in [-0.05, 0) is 22.8 Å². The molecule has 0 saturated carbocycles. The van der Waals surface area contributed by atoms with Crippen molar-refractivity contribution in [2.24, 2.45) is 0 Å². The van der Waals surface area contributed by atoms with Crippen molar-refractivity contribution < 1.29 is 0 Å². The van der Waals surface area contributed by atoms with Crippen LogP contribution in [0.2, 0.25) is 0 Å². The van der Waals surface area contributed by atoms with Crippen molar-refractivity contribution in [3.63, 3.8) is 0 Å². The summed E-state index contributed by atoms with van der Waals surface area (Å²) in [5.74, 6) is 0. The van der Waals surface area contributed by atoms with E-state index in [9.17, 15) is 0 Å². The Morgan fingerprint density at radius 2 is 0.810 bits per heavy atom. The summed E-state index contributed by atoms with van der Waals surface area (Å²) in [6.45, 7) is -1.88. The zero-order chi connectivity index (χ0) is 14.5. The molecule has 0 bridgehead atoms. The third-order valence-electron chi connectivity index (χ3n) is 3.71. The topological polar surface area (TPSA) is 0 Å². The van der Waals surface area contributed by atoms with E-state index in [2.05, 4.69) is 72.8 Å². The first kappa shape index (κ1) is 14.0. The number of benzene rings is 3. The second kappa shape index (κ2) is 6.20. The van der Waals surface area contributed by atoms with Crippen LogP contribution < -0.4 is 15.9 Å². The fraction of sp³-hybridized carbons (Fsp3) is 0. The molecule has 3 rings (SSSR count). The maximum Gasteiger partial charge on any atom is 0.104 e. The number of hydrogen-bond donors (Lipinski definition) is 0. The summed E-state index contributed by atoms with van der Waals surface area (Å²) < 4.78 is 0. The minimum Gasteiger partial charge on any atom is -0.121 e. The summed E-state index contributed by atoms with van der Waals surface area (Å²) >= 11 is 0. The smallest absolute Gasteiger partial charge is 0.104 e. The van der Waals surface area contributed by atoms with Gasteiger partial charge in [-0.1, -0.05) is 91.0 Å². The molecule has 0 aromatic heterocycles. The molecular formula is C19H16BP. The zero-order valence-electron chi connectivity index (χ0n) is 11.8. The van der Waals surface area contributed by atoms with E-state index >= 15 is 0 Å². The Kier molecular flexibility index (Phi) is 4.13. The number of rotatable bonds is 3. The fourth-order valence-electron chi connectivity index (χ4n) is 2.69. The van der Waals surface area contributed by atoms with Crippen molar-refractivity contribution in [3.8, 4) is 0 Å². The number of hydrogen-bond acceptors (Lipinski definition) is 0. The molecule has 0 amide bonds. The first-order valence-corrected chi connectivity index (χ1v) is 8.85. The Labute approximate surface area is 127 Å². The highest BCUT2D eigenvalue weighted by molar-refractivity contribution is 7.95. The van der Waals surface area contributed by atoms with Crippen LogP contribution >= 0.6 is 6.89 Å². The van der Waals surface area contributed by atoms with Crippen molar-refractivity contribution in [3.05, 3.63) is 91.0 Å². The molecule has 2 heteroatoms. The van der Waals surface area contributed by atoms with Crippen molar-refractivity contribution in [2.45, 2.75) is 0 Å². The highest BCUT2D eigenvalue weighted by atomic mass is 31.2. The van der Waals surface area contributed by atoms with Gasteiger partial charge in [-0.15, -0.1) is 5.70 Å². The van der Waals surface area contributed by atoms with Crippen molar-refractivity contribution in [2.75, 3.05) is 0 Å². The van der Waals surface area contributed by atoms with Gasteiger partial charge in [0, 0.05) is 0 Å². The van der Waals surface area contributed by atoms with Crippen LogP contribution in [0.1, 0.15) is 0 Å². The molecule has 0 unspecified atom stereocenters. The zero-order valence-corrected chi connectivity index (χ0v) is 12.7. The molecule has 21 heavy (non-hydrogen) atoms. The summed E-state index contributed by atoms with van der Waals surface area (Å²) in [7, 11) is 6.23. The molecule has 0 heterocycles. The molecule has 0 aliphatic heterocycles. The van der Waals surface area contributed by atoms with Crippen LogP contribution in [0.25, 0.3) is 0 Å². The van der Waals surface area contributed by atoms with Gasteiger partial charge in [-0.3, -0.25) is 0 Å². The lowest BCUT2D eigenvalue weighted by molar-refractivity contribution is 1.73. The van der Waals surface area contributed by atoms with Gasteiger partial charge in [-0.2, -0.15) is 0 Å². The maximum absolute atomic E-state index is 6.23. The normalized spacial score (nSPS) is 11.0. The van der Waals surface area contributed by atoms with Crippen LogP contribution in [-0.2, 0) is 0 Å². The van der Waals surface area contributed by atoms with Gasteiger partial charge < -0.3 is 0 Å². The molecule has 0 fully saturated rings. The maximum atomic E-state index is 6.23. The molecule has 3 aromatic carbocycles. The molecule has 0 nitrogen and oxygen atoms in total. The van der Waals surface area contributed by atoms with Gasteiger partial charge in [0.15, 0.2) is 0 Å². The quantitative estimate of drug-likeness (QED) is 0.513. The summed E-state index contributed by atoms with van der Waals surface area (Å²) in [6.07, 6.45) is 0. The average Bonchev–Trinajstić information content (AvgIpc) is 2.59. The van der Waals surface area contributed by atoms with Gasteiger partial charge in [0.1, 0.15) is 7.85 Å². The molecule has 100 valence electrons. The highest BCUT2D eigenvalue weighted by Gasteiger charge is 2.22. The second-order valence-electron chi connectivity index (χ2n) is 4.88. The molecule has 0 saturated heterocycles. The van der Waals surface area contributed by atoms with E-state index in [-0.39, 0.29) is 0 Å². The van der Waals surface area contributed by atoms with E-state index < -0.39 is 6.89 Å². The van der Waals surface area contributed by atoms with Gasteiger partial charge in [-0.25, -0.2) is 0 Å². The van der Waals surface area contributed by atoms with Gasteiger partial charge in [0.2, 0.25) is 0 Å². The van der Waals surface area contributed by atoms with E-state index in [1.165, 1.54) is 15.9 Å². The fourth-order valence-corrected chi connectivity index (χ4v) is 6.03. The van der Waals surface area contributed by atoms with E-state index in [4.69, 9.17) is 7.85 Å². The van der Waals surface area contributed by atoms with Crippen molar-refractivity contribution in [1.29, 1.82) is 0 Å². The summed E-state index contributed by atoms with van der Waals surface area (Å²) in [4.78, 5) is 0. The van der Waals surface area contributed by atoms with Gasteiger partial charge >= 0.3 is 0 Å². The first-order chi connectivity index (χ1) is 10.4. The Hall–Kier alpha value is -1.98. The van der Waals surface area contributed by atoms with E-state index in [0.717, 1.165) is 0 Å². The van der Waals surface area contributed by atoms with Crippen LogP contribution in [0.4, 0.5) is 0 Å². The standard InChI is InChI=1S/C19H16BP/c20-16-21(17-10-4-1-5-11-17,18-12-6-2-7-13-18)19-14-8-3-9-15-19/h1-16H. The van der Waals surface area contributed by atoms with Crippen LogP contribution in [0.15, 0.2) is 91.0 Å². The molecule has 0 atom stereocenters. The van der Waals surface area contributed by atoms with Gasteiger partial charge in [0.05, 0.1) is 0 Å². The van der Waals surface area contributed by atoms with Crippen LogP contribution in [0, 0.1) is 0 Å². The average molecular weight is 286 g/mol. The van der Waals surface area contributed by atoms with Gasteiger partial charge in [0.25, 0.3) is 0 Å². The third-order valence-corrected chi connectivity index (χ3v) is 7.50. The minimum atomic E-state index is -1.88. The lowest BCUT2D eigenvalue weighted by Gasteiger charge is -2.28. The molecule has 0 aliphatic carbocycles. The van der Waals surface area contributed by atoms with E-state index in [1.54, 1.807) is 0 Å². The monoisotopic (exact) mass is 286 g/mol. The lowest BCUT2D eigenvalue weighted by Crippen LogP contribution is -2.26. The molecule has 3 aromatic rings. The van der Waals surface area contributed by atoms with Crippen molar-refractivity contribution in [1.82, 2.24) is 0 Å². The minimum absolute atomic E-state index is 1.28. The largest absolute Gasteiger partial charge is 0.121 e. The predicted molar refractivity (Wildman–Crippen MR) is 97.0 cm³/mol. The molecule has 2 radical (unpaired) electrons. The van der Waals surface area contributed by atoms with Crippen LogP contribution in [0.3, 0.4) is 0 Å². The van der Waals surface area contributed by atoms with Crippen LogP contribution in [-0.4, -0.2) is 13.5 Å². The summed E-state index contributed by atoms with van der Waals surface area (Å²) in [5, 5.41) is 3.85. The van der Waals surface area contributed by atoms with Crippen molar-refractivity contribution >= 4 is 36.3 Å². The summed E-state index contributed by atoms with van der Waals surface area (Å²) in [6, 6.07) is 31.7. The Bertz CT molecular complexity index is 646. The van der Waals surface area contributed by atoms with E-state index in [1.807, 2.05) is 23.9 Å². The summed E-state index contributed by atoms with van der Waals surface area (Å²) in [5.41, 5.74) is 1.91. The van der Waals surface area contributed by atoms with E-state index in [0.29, 0.717) is 0 Å². The van der Waals surface area contributed by atoms with Crippen LogP contribution in [0.5, 0.6) is 0 Å². The molecule has 0 N–H and O–H groups in total. The third kappa shape index (κ3) is 2.50. The Morgan fingerprint density at radius 1 is 0.524 bits per heavy atom. The Balaban J connectivity index is 2.35. The molecular weight excluding hydrogens is 270 g/mol. The highest BCUT2D eigenvalue weighted by Crippen LogP contribution is 2.42. The SMILES string of the molecule is [B]C=P(c1ccccc1)(c1ccccc1)c1ccccc1. The molecule has 0 spiro atoms. The second-order valence-corrected chi connectivity index (χ2v) is 8.17. The predicted octanol–water partition coefficient (Wildman–Crippen LogP) is 2.91. The molecule has 0 aliphatic rings. The Morgan fingerprint density at radius 3 is 1.05 bits per heavy atom.